The van der Waals surface area contributed by atoms with Crippen molar-refractivity contribution in [1.29, 1.82) is 0 Å². The van der Waals surface area contributed by atoms with Gasteiger partial charge >= 0.3 is 47.8 Å². The smallest absolute Gasteiger partial charge is 0.303 e. The Bertz CT molecular complexity index is 1990. The molecule has 0 unspecified atom stereocenters. The highest BCUT2D eigenvalue weighted by Crippen LogP contribution is 2.39. The molecule has 2 fully saturated rings. The van der Waals surface area contributed by atoms with Gasteiger partial charge in [0.15, 0.2) is 59.7 Å². The number of thioether (sulfide) groups is 2. The molecule has 70 heavy (non-hydrogen) atoms. The van der Waals surface area contributed by atoms with E-state index in [-0.39, 0.29) is 13.2 Å². The number of benzene rings is 2. The molecule has 0 aliphatic carbocycles. The van der Waals surface area contributed by atoms with Gasteiger partial charge in [-0.1, -0.05) is 60.7 Å². The minimum atomic E-state index is -1.35. The molecule has 0 N–H and O–H groups in total. The summed E-state index contributed by atoms with van der Waals surface area (Å²) in [7, 11) is 2.73. The van der Waals surface area contributed by atoms with Gasteiger partial charge in [-0.05, 0) is 34.7 Å². The lowest BCUT2D eigenvalue weighted by Crippen LogP contribution is -2.61. The summed E-state index contributed by atoms with van der Waals surface area (Å²) in [5.74, 6) is -5.76. The van der Waals surface area contributed by atoms with Crippen LogP contribution in [0.1, 0.15) is 78.7 Å². The van der Waals surface area contributed by atoms with Crippen LogP contribution in [0.3, 0.4) is 0 Å². The van der Waals surface area contributed by atoms with E-state index in [1.165, 1.54) is 28.1 Å². The van der Waals surface area contributed by atoms with Crippen molar-refractivity contribution in [2.24, 2.45) is 0 Å². The molecule has 2 aromatic rings. The highest BCUT2D eigenvalue weighted by atomic mass is 32.2. The fourth-order valence-corrected chi connectivity index (χ4v) is 9.17. The van der Waals surface area contributed by atoms with Crippen LogP contribution in [0.2, 0.25) is 0 Å². The van der Waals surface area contributed by atoms with Crippen LogP contribution < -0.4 is 0 Å². The molecule has 2 saturated heterocycles. The monoisotopic (exact) mass is 1020 g/mol. The van der Waals surface area contributed by atoms with Gasteiger partial charge in [0.05, 0.1) is 0 Å². The summed E-state index contributed by atoms with van der Waals surface area (Å²) in [5.41, 5.74) is -1.27. The largest absolute Gasteiger partial charge is 0.463 e. The number of methoxy groups -OCH3 is 2. The topological polar surface area (TPSA) is 281 Å². The molecular weight excluding hydrogens is 969 g/mol. The van der Waals surface area contributed by atoms with Crippen molar-refractivity contribution >= 4 is 81.5 Å². The maximum Gasteiger partial charge on any atom is 0.303 e. The fourth-order valence-electron chi connectivity index (χ4n) is 6.91. The van der Waals surface area contributed by atoms with E-state index in [2.05, 4.69) is 0 Å². The molecule has 22 nitrogen and oxygen atoms in total. The molecule has 2 heterocycles. The molecule has 12 atom stereocenters. The lowest BCUT2D eigenvalue weighted by atomic mass is 9.99. The maximum atomic E-state index is 13.2. The van der Waals surface area contributed by atoms with Gasteiger partial charge in [-0.15, -0.1) is 0 Å². The predicted octanol–water partition coefficient (Wildman–Crippen LogP) is 3.43. The Morgan fingerprint density at radius 2 is 0.686 bits per heavy atom. The number of ether oxygens (including phenoxy) is 12. The Balaban J connectivity index is 0.000000370. The number of carbonyl (C=O) groups excluding carboxylic acids is 10. The zero-order valence-electron chi connectivity index (χ0n) is 39.9. The summed E-state index contributed by atoms with van der Waals surface area (Å²) < 4.78 is 64.8. The minimum Gasteiger partial charge on any atom is -0.463 e. The first-order chi connectivity index (χ1) is 33.1. The summed E-state index contributed by atoms with van der Waals surface area (Å²) in [6.45, 7) is 8.34. The average molecular weight is 1030 g/mol. The summed E-state index contributed by atoms with van der Waals surface area (Å²) in [6, 6.07) is 17.4. The molecule has 2 aliphatic rings. The normalized spacial score (nSPS) is 24.5. The molecule has 2 aromatic carbocycles. The summed E-state index contributed by atoms with van der Waals surface area (Å²) in [4.78, 5) is 120. The van der Waals surface area contributed by atoms with Crippen LogP contribution in [-0.2, 0) is 105 Å². The van der Waals surface area contributed by atoms with Gasteiger partial charge < -0.3 is 56.8 Å². The SMILES string of the molecule is CO[C@H](C(=O)S[C@@H]1O[C@H](COC(C)=O)[C@@H](OC(C)=O)[C@H](OC(C)=O)[C@H]1OC(C)=O)c1ccccc1.CO[C@H](C(=O)S[C@@H]1O[C@H](COC(C)=O)[C@@H](OC(C)=O)[C@H](OC(C)=O)[C@H]1OC(C)=O)c1ccccc1. The van der Waals surface area contributed by atoms with Gasteiger partial charge in [0.2, 0.25) is 10.2 Å². The summed E-state index contributed by atoms with van der Waals surface area (Å²) >= 11 is 1.30. The number of hydrogen-bond acceptors (Lipinski definition) is 24. The molecule has 0 spiro atoms. The molecule has 0 bridgehead atoms. The zero-order chi connectivity index (χ0) is 52.2. The Labute approximate surface area is 411 Å². The molecule has 2 aliphatic heterocycles. The fraction of sp³-hybridized carbons (Fsp3) is 0.522. The first kappa shape index (κ1) is 58.4. The Hall–Kier alpha value is -5.92. The molecule has 0 saturated carbocycles. The van der Waals surface area contributed by atoms with E-state index >= 15 is 0 Å². The molecule has 0 radical (unpaired) electrons. The molecule has 0 amide bonds. The predicted molar refractivity (Wildman–Crippen MR) is 241 cm³/mol. The minimum absolute atomic E-state index is 0.379. The second-order valence-electron chi connectivity index (χ2n) is 15.1. The van der Waals surface area contributed by atoms with Crippen molar-refractivity contribution in [3.63, 3.8) is 0 Å². The number of hydrogen-bond donors (Lipinski definition) is 0. The third kappa shape index (κ3) is 18.4. The lowest BCUT2D eigenvalue weighted by molar-refractivity contribution is -0.237. The Morgan fingerprint density at radius 3 is 0.943 bits per heavy atom. The third-order valence-corrected chi connectivity index (χ3v) is 11.6. The van der Waals surface area contributed by atoms with Crippen molar-refractivity contribution in [3.8, 4) is 0 Å². The lowest BCUT2D eigenvalue weighted by Gasteiger charge is -2.44. The van der Waals surface area contributed by atoms with Crippen LogP contribution in [0.25, 0.3) is 0 Å². The third-order valence-electron chi connectivity index (χ3n) is 9.47. The van der Waals surface area contributed by atoms with Crippen LogP contribution in [0.5, 0.6) is 0 Å². The van der Waals surface area contributed by atoms with Crippen LogP contribution in [-0.4, -0.2) is 145 Å². The van der Waals surface area contributed by atoms with E-state index in [1.807, 2.05) is 0 Å². The van der Waals surface area contributed by atoms with Crippen molar-refractivity contribution in [1.82, 2.24) is 0 Å². The van der Waals surface area contributed by atoms with Crippen molar-refractivity contribution in [2.75, 3.05) is 27.4 Å². The first-order valence-electron chi connectivity index (χ1n) is 21.2. The van der Waals surface area contributed by atoms with E-state index in [4.69, 9.17) is 56.8 Å². The second-order valence-corrected chi connectivity index (χ2v) is 17.3. The Morgan fingerprint density at radius 1 is 0.414 bits per heavy atom. The highest BCUT2D eigenvalue weighted by molar-refractivity contribution is 8.14. The van der Waals surface area contributed by atoms with Crippen LogP contribution in [0.15, 0.2) is 60.7 Å². The van der Waals surface area contributed by atoms with E-state index in [9.17, 15) is 47.9 Å². The summed E-state index contributed by atoms with van der Waals surface area (Å²) in [6.07, 6.45) is -12.2. The van der Waals surface area contributed by atoms with Crippen LogP contribution in [0, 0.1) is 0 Å². The quantitative estimate of drug-likeness (QED) is 0.153. The number of carbonyl (C=O) groups is 10. The zero-order valence-corrected chi connectivity index (χ0v) is 41.5. The van der Waals surface area contributed by atoms with E-state index in [1.54, 1.807) is 60.7 Å². The van der Waals surface area contributed by atoms with Crippen LogP contribution >= 0.6 is 23.5 Å². The Kier molecular flexibility index (Phi) is 23.9. The van der Waals surface area contributed by atoms with Gasteiger partial charge in [0.1, 0.15) is 25.4 Å². The number of esters is 8. The highest BCUT2D eigenvalue weighted by Gasteiger charge is 2.55. The van der Waals surface area contributed by atoms with Gasteiger partial charge in [-0.3, -0.25) is 47.9 Å². The van der Waals surface area contributed by atoms with E-state index < -0.39 is 130 Å². The first-order valence-corrected chi connectivity index (χ1v) is 23.0. The molecule has 0 aromatic heterocycles. The van der Waals surface area contributed by atoms with E-state index in [0.29, 0.717) is 34.7 Å². The van der Waals surface area contributed by atoms with Crippen molar-refractivity contribution in [2.45, 2.75) is 127 Å². The van der Waals surface area contributed by atoms with Crippen molar-refractivity contribution < 1.29 is 105 Å². The van der Waals surface area contributed by atoms with Gasteiger partial charge in [-0.25, -0.2) is 0 Å². The molecule has 24 heteroatoms. The maximum absolute atomic E-state index is 13.2. The van der Waals surface area contributed by atoms with Gasteiger partial charge in [-0.2, -0.15) is 0 Å². The second kappa shape index (κ2) is 28.7. The molecule has 4 rings (SSSR count). The summed E-state index contributed by atoms with van der Waals surface area (Å²) in [5, 5.41) is -0.973. The average Bonchev–Trinajstić information content (AvgIpc) is 3.27. The van der Waals surface area contributed by atoms with Crippen molar-refractivity contribution in [3.05, 3.63) is 71.8 Å². The van der Waals surface area contributed by atoms with E-state index in [0.717, 1.165) is 41.5 Å². The van der Waals surface area contributed by atoms with Crippen LogP contribution in [0.4, 0.5) is 0 Å². The molecule has 384 valence electrons. The molecular formula is C46H56O22S2. The number of rotatable bonds is 18. The van der Waals surface area contributed by atoms with Gasteiger partial charge in [0.25, 0.3) is 0 Å². The standard InChI is InChI=1S/2C23H28O11S/c2*1-12(24)30-11-17-19(31-13(2)25)20(32-14(3)26)21(33-15(4)27)23(34-17)35-22(28)18(29-5)16-9-7-6-8-10-16/h2*6-10,17-21,23H,11H2,1-5H3/t2*17-,18+,19-,20+,21-,23+/m11/s1. The van der Waals surface area contributed by atoms with Gasteiger partial charge in [0, 0.05) is 69.6 Å².